The lowest BCUT2D eigenvalue weighted by Gasteiger charge is -2.17. The van der Waals surface area contributed by atoms with Crippen LogP contribution in [0.1, 0.15) is 56.4 Å². The van der Waals surface area contributed by atoms with Gasteiger partial charge in [-0.15, -0.1) is 6.58 Å². The van der Waals surface area contributed by atoms with Gasteiger partial charge >= 0.3 is 0 Å². The maximum absolute atomic E-state index is 14.8. The zero-order valence-corrected chi connectivity index (χ0v) is 16.4. The zero-order valence-electron chi connectivity index (χ0n) is 16.4. The molecule has 0 N–H and O–H groups in total. The highest BCUT2D eigenvalue weighted by Crippen LogP contribution is 2.48. The molecule has 2 aliphatic rings. The van der Waals surface area contributed by atoms with Crippen molar-refractivity contribution in [1.29, 1.82) is 0 Å². The van der Waals surface area contributed by atoms with Gasteiger partial charge in [-0.2, -0.15) is 0 Å². The standard InChI is InChI=1S/C25H26F4/c1-2-3-15-10-17-6-4-16(5-7-18(17)11-15)19-8-9-21(22(26)12-19)20-13-23(27)25(29)24(28)14-20/h2,8-9,12-18H,1,3-7,10-11H2. The highest BCUT2D eigenvalue weighted by atomic mass is 19.2. The second-order valence-corrected chi connectivity index (χ2v) is 8.73. The normalized spacial score (nSPS) is 26.8. The minimum absolute atomic E-state index is 0.00843. The van der Waals surface area contributed by atoms with Crippen LogP contribution in [0.4, 0.5) is 17.6 Å². The summed E-state index contributed by atoms with van der Waals surface area (Å²) in [5.41, 5.74) is 1.04. The molecule has 154 valence electrons. The van der Waals surface area contributed by atoms with Crippen LogP contribution >= 0.6 is 0 Å². The van der Waals surface area contributed by atoms with E-state index in [0.29, 0.717) is 5.92 Å². The fraction of sp³-hybridized carbons (Fsp3) is 0.440. The first-order chi connectivity index (χ1) is 14.0. The lowest BCUT2D eigenvalue weighted by atomic mass is 9.88. The fourth-order valence-electron chi connectivity index (χ4n) is 5.51. The maximum atomic E-state index is 14.8. The van der Waals surface area contributed by atoms with Crippen LogP contribution in [0.5, 0.6) is 0 Å². The van der Waals surface area contributed by atoms with Crippen molar-refractivity contribution < 1.29 is 17.6 Å². The molecular weight excluding hydrogens is 376 g/mol. The molecule has 2 saturated carbocycles. The molecule has 0 aliphatic heterocycles. The molecule has 0 nitrogen and oxygen atoms in total. The molecular formula is C25H26F4. The summed E-state index contributed by atoms with van der Waals surface area (Å²) in [6.07, 6.45) is 10.1. The molecule has 2 fully saturated rings. The first kappa shape index (κ1) is 20.2. The van der Waals surface area contributed by atoms with Crippen molar-refractivity contribution in [2.45, 2.75) is 50.9 Å². The molecule has 0 aromatic heterocycles. The van der Waals surface area contributed by atoms with Crippen LogP contribution in [-0.2, 0) is 0 Å². The molecule has 2 atom stereocenters. The molecule has 0 saturated heterocycles. The zero-order chi connectivity index (χ0) is 20.5. The van der Waals surface area contributed by atoms with Gasteiger partial charge < -0.3 is 0 Å². The summed E-state index contributed by atoms with van der Waals surface area (Å²) < 4.78 is 55.0. The van der Waals surface area contributed by atoms with Gasteiger partial charge in [0.25, 0.3) is 0 Å². The number of hydrogen-bond donors (Lipinski definition) is 0. The number of benzene rings is 2. The van der Waals surface area contributed by atoms with Gasteiger partial charge in [0.05, 0.1) is 0 Å². The Morgan fingerprint density at radius 1 is 0.828 bits per heavy atom. The van der Waals surface area contributed by atoms with E-state index in [2.05, 4.69) is 6.58 Å². The van der Waals surface area contributed by atoms with Crippen LogP contribution in [0.3, 0.4) is 0 Å². The topological polar surface area (TPSA) is 0 Å². The number of allylic oxidation sites excluding steroid dienone is 1. The Balaban J connectivity index is 1.50. The summed E-state index contributed by atoms with van der Waals surface area (Å²) in [5, 5.41) is 0. The van der Waals surface area contributed by atoms with Gasteiger partial charge in [-0.25, -0.2) is 17.6 Å². The molecule has 0 radical (unpaired) electrons. The highest BCUT2D eigenvalue weighted by Gasteiger charge is 2.36. The van der Waals surface area contributed by atoms with Crippen molar-refractivity contribution in [1.82, 2.24) is 0 Å². The SMILES string of the molecule is C=CCC1CC2CCC(c3ccc(-c4cc(F)c(F)c(F)c4)c(F)c3)CCC2C1. The third-order valence-corrected chi connectivity index (χ3v) is 6.97. The first-order valence-electron chi connectivity index (χ1n) is 10.5. The van der Waals surface area contributed by atoms with Crippen LogP contribution in [0.15, 0.2) is 43.0 Å². The predicted octanol–water partition coefficient (Wildman–Crippen LogP) is 7.79. The van der Waals surface area contributed by atoms with E-state index in [1.165, 1.54) is 31.7 Å². The quantitative estimate of drug-likeness (QED) is 0.278. The highest BCUT2D eigenvalue weighted by molar-refractivity contribution is 5.65. The van der Waals surface area contributed by atoms with Crippen molar-refractivity contribution >= 4 is 0 Å². The first-order valence-corrected chi connectivity index (χ1v) is 10.5. The molecule has 0 bridgehead atoms. The van der Waals surface area contributed by atoms with E-state index >= 15 is 0 Å². The van der Waals surface area contributed by atoms with Gasteiger partial charge in [0.15, 0.2) is 17.5 Å². The molecule has 2 aromatic rings. The van der Waals surface area contributed by atoms with Crippen LogP contribution in [0.25, 0.3) is 11.1 Å². The van der Waals surface area contributed by atoms with Crippen molar-refractivity contribution in [3.05, 3.63) is 71.8 Å². The lowest BCUT2D eigenvalue weighted by Crippen LogP contribution is -2.04. The lowest BCUT2D eigenvalue weighted by molar-refractivity contribution is 0.367. The number of halogens is 4. The van der Waals surface area contributed by atoms with Crippen LogP contribution in [-0.4, -0.2) is 0 Å². The summed E-state index contributed by atoms with van der Waals surface area (Å²) in [7, 11) is 0. The third-order valence-electron chi connectivity index (χ3n) is 6.97. The van der Waals surface area contributed by atoms with E-state index in [4.69, 9.17) is 0 Å². The molecule has 2 unspecified atom stereocenters. The molecule has 0 amide bonds. The van der Waals surface area contributed by atoms with E-state index in [1.54, 1.807) is 6.07 Å². The van der Waals surface area contributed by atoms with Crippen molar-refractivity contribution in [2.75, 3.05) is 0 Å². The molecule has 29 heavy (non-hydrogen) atoms. The molecule has 2 aromatic carbocycles. The number of rotatable bonds is 4. The Labute approximate surface area is 169 Å². The van der Waals surface area contributed by atoms with Gasteiger partial charge in [0.2, 0.25) is 0 Å². The second kappa shape index (κ2) is 8.33. The Kier molecular flexibility index (Phi) is 5.80. The molecule has 4 heteroatoms. The van der Waals surface area contributed by atoms with Gasteiger partial charge in [-0.1, -0.05) is 18.2 Å². The summed E-state index contributed by atoms with van der Waals surface area (Å²) >= 11 is 0. The van der Waals surface area contributed by atoms with Crippen LogP contribution in [0, 0.1) is 41.0 Å². The molecule has 0 heterocycles. The van der Waals surface area contributed by atoms with E-state index in [9.17, 15) is 17.6 Å². The Bertz CT molecular complexity index is 865. The average molecular weight is 402 g/mol. The van der Waals surface area contributed by atoms with Crippen molar-refractivity contribution in [3.8, 4) is 11.1 Å². The minimum Gasteiger partial charge on any atom is -0.206 e. The largest absolute Gasteiger partial charge is 0.206 e. The van der Waals surface area contributed by atoms with Gasteiger partial charge in [-0.05, 0) is 97.9 Å². The van der Waals surface area contributed by atoms with Crippen LogP contribution < -0.4 is 0 Å². The maximum Gasteiger partial charge on any atom is 0.194 e. The minimum atomic E-state index is -1.54. The van der Waals surface area contributed by atoms with E-state index in [1.807, 2.05) is 12.1 Å². The van der Waals surface area contributed by atoms with Gasteiger partial charge in [0.1, 0.15) is 5.82 Å². The molecule has 0 spiro atoms. The summed E-state index contributed by atoms with van der Waals surface area (Å²) in [4.78, 5) is 0. The van der Waals surface area contributed by atoms with E-state index < -0.39 is 23.3 Å². The van der Waals surface area contributed by atoms with Crippen LogP contribution in [0.2, 0.25) is 0 Å². The van der Waals surface area contributed by atoms with Crippen molar-refractivity contribution in [3.63, 3.8) is 0 Å². The summed E-state index contributed by atoms with van der Waals surface area (Å²) in [5.74, 6) is -2.08. The molecule has 4 rings (SSSR count). The van der Waals surface area contributed by atoms with Gasteiger partial charge in [0, 0.05) is 5.56 Å². The van der Waals surface area contributed by atoms with E-state index in [-0.39, 0.29) is 11.1 Å². The summed E-state index contributed by atoms with van der Waals surface area (Å²) in [6.45, 7) is 3.87. The Morgan fingerprint density at radius 3 is 2.00 bits per heavy atom. The third kappa shape index (κ3) is 4.12. The Morgan fingerprint density at radius 2 is 1.45 bits per heavy atom. The second-order valence-electron chi connectivity index (χ2n) is 8.73. The summed E-state index contributed by atoms with van der Waals surface area (Å²) in [6, 6.07) is 6.57. The number of hydrogen-bond acceptors (Lipinski definition) is 0. The fourth-order valence-corrected chi connectivity index (χ4v) is 5.51. The Hall–Kier alpha value is -2.10. The molecule has 2 aliphatic carbocycles. The smallest absolute Gasteiger partial charge is 0.194 e. The average Bonchev–Trinajstić information content (AvgIpc) is 2.97. The van der Waals surface area contributed by atoms with Crippen molar-refractivity contribution in [2.24, 2.45) is 17.8 Å². The predicted molar refractivity (Wildman–Crippen MR) is 107 cm³/mol. The monoisotopic (exact) mass is 402 g/mol. The van der Waals surface area contributed by atoms with E-state index in [0.717, 1.165) is 54.7 Å². The van der Waals surface area contributed by atoms with Gasteiger partial charge in [-0.3, -0.25) is 0 Å². The number of fused-ring (bicyclic) bond motifs is 1.